The van der Waals surface area contributed by atoms with E-state index in [1.54, 1.807) is 12.1 Å². The van der Waals surface area contributed by atoms with E-state index >= 15 is 0 Å². The molecule has 1 heterocycles. The molecular formula is C17H23ClFNO. The maximum atomic E-state index is 13.5. The third kappa shape index (κ3) is 3.14. The molecule has 1 aliphatic rings. The Hall–Kier alpha value is -0.930. The van der Waals surface area contributed by atoms with Crippen molar-refractivity contribution in [1.29, 1.82) is 0 Å². The van der Waals surface area contributed by atoms with E-state index in [4.69, 9.17) is 11.6 Å². The van der Waals surface area contributed by atoms with Crippen molar-refractivity contribution in [2.75, 3.05) is 13.1 Å². The number of nitrogens with zero attached hydrogens (tertiary/aromatic N) is 1. The molecule has 1 aliphatic heterocycles. The summed E-state index contributed by atoms with van der Waals surface area (Å²) in [5.41, 5.74) is 0.165. The highest BCUT2D eigenvalue weighted by atomic mass is 35.5. The van der Waals surface area contributed by atoms with Gasteiger partial charge in [0.2, 0.25) is 0 Å². The molecule has 0 amide bonds. The summed E-state index contributed by atoms with van der Waals surface area (Å²) in [4.78, 5) is 15.2. The summed E-state index contributed by atoms with van der Waals surface area (Å²) < 4.78 is 13.5. The van der Waals surface area contributed by atoms with Crippen molar-refractivity contribution < 1.29 is 9.18 Å². The molecule has 21 heavy (non-hydrogen) atoms. The van der Waals surface area contributed by atoms with Gasteiger partial charge in [-0.3, -0.25) is 9.69 Å². The summed E-state index contributed by atoms with van der Waals surface area (Å²) in [6, 6.07) is 4.67. The minimum absolute atomic E-state index is 0.0772. The van der Waals surface area contributed by atoms with Gasteiger partial charge >= 0.3 is 0 Å². The standard InChI is InChI=1S/C17H23ClFNO/c1-3-17(4-2,20-10-5-6-11-20)15(21)12-13-8-7-9-14(19)16(13)18/h7-9H,3-6,10-12H2,1-2H3. The van der Waals surface area contributed by atoms with Crippen LogP contribution in [0.3, 0.4) is 0 Å². The number of Topliss-reactive ketones (excluding diaryl/α,β-unsaturated/α-hetero) is 1. The van der Waals surface area contributed by atoms with Crippen molar-refractivity contribution in [3.05, 3.63) is 34.6 Å². The minimum atomic E-state index is -0.457. The highest BCUT2D eigenvalue weighted by Crippen LogP contribution is 2.31. The smallest absolute Gasteiger partial charge is 0.157 e. The van der Waals surface area contributed by atoms with Crippen LogP contribution in [0.25, 0.3) is 0 Å². The zero-order valence-electron chi connectivity index (χ0n) is 12.8. The van der Waals surface area contributed by atoms with Crippen LogP contribution in [0.4, 0.5) is 4.39 Å². The molecule has 0 spiro atoms. The Labute approximate surface area is 131 Å². The van der Waals surface area contributed by atoms with Crippen LogP contribution in [0.1, 0.15) is 45.1 Å². The number of hydrogen-bond acceptors (Lipinski definition) is 2. The fourth-order valence-electron chi connectivity index (χ4n) is 3.44. The van der Waals surface area contributed by atoms with Gasteiger partial charge in [-0.1, -0.05) is 37.6 Å². The van der Waals surface area contributed by atoms with Gasteiger partial charge in [0.25, 0.3) is 0 Å². The summed E-state index contributed by atoms with van der Waals surface area (Å²) in [5.74, 6) is -0.302. The van der Waals surface area contributed by atoms with Crippen molar-refractivity contribution >= 4 is 17.4 Å². The van der Waals surface area contributed by atoms with Gasteiger partial charge in [0.15, 0.2) is 5.78 Å². The molecule has 0 saturated carbocycles. The van der Waals surface area contributed by atoms with Gasteiger partial charge in [0, 0.05) is 6.42 Å². The Kier molecular flexibility index (Phi) is 5.39. The Morgan fingerprint density at radius 1 is 1.29 bits per heavy atom. The van der Waals surface area contributed by atoms with Crippen LogP contribution in [0.2, 0.25) is 5.02 Å². The molecule has 1 saturated heterocycles. The van der Waals surface area contributed by atoms with E-state index in [0.29, 0.717) is 5.56 Å². The lowest BCUT2D eigenvalue weighted by atomic mass is 9.83. The van der Waals surface area contributed by atoms with Gasteiger partial charge in [-0.2, -0.15) is 0 Å². The molecule has 2 rings (SSSR count). The molecule has 1 aromatic rings. The Bertz CT molecular complexity index is 508. The predicted molar refractivity (Wildman–Crippen MR) is 84.2 cm³/mol. The lowest BCUT2D eigenvalue weighted by molar-refractivity contribution is -0.130. The van der Waals surface area contributed by atoms with Gasteiger partial charge in [-0.05, 0) is 50.4 Å². The van der Waals surface area contributed by atoms with Crippen molar-refractivity contribution in [1.82, 2.24) is 4.90 Å². The highest BCUT2D eigenvalue weighted by molar-refractivity contribution is 6.31. The number of benzene rings is 1. The molecule has 1 fully saturated rings. The Morgan fingerprint density at radius 3 is 2.48 bits per heavy atom. The SMILES string of the molecule is CCC(CC)(C(=O)Cc1cccc(F)c1Cl)N1CCCC1. The van der Waals surface area contributed by atoms with Gasteiger partial charge < -0.3 is 0 Å². The molecule has 116 valence electrons. The van der Waals surface area contributed by atoms with Crippen molar-refractivity contribution in [3.63, 3.8) is 0 Å². The first-order chi connectivity index (χ1) is 10.0. The second-order valence-corrected chi connectivity index (χ2v) is 6.12. The van der Waals surface area contributed by atoms with Crippen molar-refractivity contribution in [2.24, 2.45) is 0 Å². The molecule has 1 aromatic carbocycles. The lowest BCUT2D eigenvalue weighted by Gasteiger charge is -2.39. The van der Waals surface area contributed by atoms with Gasteiger partial charge in [-0.15, -0.1) is 0 Å². The van der Waals surface area contributed by atoms with E-state index in [1.807, 2.05) is 0 Å². The highest BCUT2D eigenvalue weighted by Gasteiger charge is 2.41. The number of hydrogen-bond donors (Lipinski definition) is 0. The van der Waals surface area contributed by atoms with E-state index in [2.05, 4.69) is 18.7 Å². The summed E-state index contributed by atoms with van der Waals surface area (Å²) in [7, 11) is 0. The van der Waals surface area contributed by atoms with Crippen LogP contribution in [0, 0.1) is 5.82 Å². The fourth-order valence-corrected chi connectivity index (χ4v) is 3.63. The van der Waals surface area contributed by atoms with E-state index in [0.717, 1.165) is 38.8 Å². The second-order valence-electron chi connectivity index (χ2n) is 5.75. The van der Waals surface area contributed by atoms with Gasteiger partial charge in [0.05, 0.1) is 10.6 Å². The van der Waals surface area contributed by atoms with Crippen LogP contribution < -0.4 is 0 Å². The first-order valence-corrected chi connectivity index (χ1v) is 8.14. The topological polar surface area (TPSA) is 20.3 Å². The zero-order valence-corrected chi connectivity index (χ0v) is 13.5. The number of halogens is 2. The van der Waals surface area contributed by atoms with E-state index in [1.165, 1.54) is 6.07 Å². The number of ketones is 1. The Balaban J connectivity index is 2.24. The number of carbonyl (C=O) groups excluding carboxylic acids is 1. The molecule has 2 nitrogen and oxygen atoms in total. The average Bonchev–Trinajstić information content (AvgIpc) is 3.00. The molecule has 0 radical (unpaired) electrons. The maximum Gasteiger partial charge on any atom is 0.157 e. The van der Waals surface area contributed by atoms with E-state index in [-0.39, 0.29) is 17.2 Å². The molecule has 0 bridgehead atoms. The quantitative estimate of drug-likeness (QED) is 0.783. The zero-order chi connectivity index (χ0) is 15.5. The summed E-state index contributed by atoms with van der Waals surface area (Å²) in [6.07, 6.45) is 4.07. The van der Waals surface area contributed by atoms with Gasteiger partial charge in [0.1, 0.15) is 5.82 Å². The molecule has 0 atom stereocenters. The molecule has 0 aliphatic carbocycles. The number of carbonyl (C=O) groups is 1. The van der Waals surface area contributed by atoms with Crippen LogP contribution in [0.15, 0.2) is 18.2 Å². The fraction of sp³-hybridized carbons (Fsp3) is 0.588. The molecule has 0 N–H and O–H groups in total. The van der Waals surface area contributed by atoms with Crippen LogP contribution >= 0.6 is 11.6 Å². The summed E-state index contributed by atoms with van der Waals surface area (Å²) in [5, 5.41) is 0.0772. The normalized spacial score (nSPS) is 16.4. The van der Waals surface area contributed by atoms with Crippen LogP contribution in [-0.4, -0.2) is 29.3 Å². The maximum absolute atomic E-state index is 13.5. The number of likely N-dealkylation sites (tertiary alicyclic amines) is 1. The third-order valence-electron chi connectivity index (χ3n) is 4.78. The largest absolute Gasteiger partial charge is 0.297 e. The van der Waals surface area contributed by atoms with Crippen molar-refractivity contribution in [3.8, 4) is 0 Å². The average molecular weight is 312 g/mol. The molecule has 4 heteroatoms. The summed E-state index contributed by atoms with van der Waals surface area (Å²) >= 11 is 5.99. The second kappa shape index (κ2) is 6.89. The third-order valence-corrected chi connectivity index (χ3v) is 5.21. The summed E-state index contributed by atoms with van der Waals surface area (Å²) in [6.45, 7) is 6.08. The minimum Gasteiger partial charge on any atom is -0.297 e. The first kappa shape index (κ1) is 16.4. The lowest BCUT2D eigenvalue weighted by Crippen LogP contribution is -2.53. The predicted octanol–water partition coefficient (Wildman–Crippen LogP) is 4.25. The Morgan fingerprint density at radius 2 is 1.90 bits per heavy atom. The molecular weight excluding hydrogens is 289 g/mol. The van der Waals surface area contributed by atoms with Crippen LogP contribution in [0.5, 0.6) is 0 Å². The monoisotopic (exact) mass is 311 g/mol. The number of rotatable bonds is 6. The van der Waals surface area contributed by atoms with Crippen LogP contribution in [-0.2, 0) is 11.2 Å². The van der Waals surface area contributed by atoms with E-state index < -0.39 is 11.4 Å². The van der Waals surface area contributed by atoms with Crippen molar-refractivity contribution in [2.45, 2.75) is 51.5 Å². The molecule has 0 aromatic heterocycles. The van der Waals surface area contributed by atoms with Gasteiger partial charge in [-0.25, -0.2) is 4.39 Å². The first-order valence-electron chi connectivity index (χ1n) is 7.76. The van der Waals surface area contributed by atoms with E-state index in [9.17, 15) is 9.18 Å². The molecule has 0 unspecified atom stereocenters.